The maximum absolute atomic E-state index is 11.0. The molecule has 3 rings (SSSR count). The van der Waals surface area contributed by atoms with Gasteiger partial charge < -0.3 is 0 Å². The molecule has 2 aliphatic heterocycles. The van der Waals surface area contributed by atoms with Crippen molar-refractivity contribution in [1.82, 2.24) is 0 Å². The molecule has 0 unspecified atom stereocenters. The molecule has 0 radical (unpaired) electrons. The molecule has 146 valence electrons. The average Bonchev–Trinajstić information content (AvgIpc) is 3.25. The van der Waals surface area contributed by atoms with Crippen molar-refractivity contribution in [2.75, 3.05) is 11.5 Å². The van der Waals surface area contributed by atoms with Crippen molar-refractivity contribution in [3.05, 3.63) is 45.3 Å². The summed E-state index contributed by atoms with van der Waals surface area (Å²) >= 11 is 11.2. The topological polar surface area (TPSA) is 43.1 Å². The normalized spacial score (nSPS) is 16.4. The third kappa shape index (κ3) is 5.85. The van der Waals surface area contributed by atoms with Gasteiger partial charge in [-0.15, -0.1) is 23.5 Å². The highest BCUT2D eigenvalue weighted by atomic mass is 32.3. The highest BCUT2D eigenvalue weighted by molar-refractivity contribution is 8.42. The van der Waals surface area contributed by atoms with Crippen LogP contribution in [0, 0.1) is 10.1 Å². The number of nitro benzene ring substituents is 1. The van der Waals surface area contributed by atoms with Crippen molar-refractivity contribution in [3.63, 3.8) is 0 Å². The monoisotopic (exact) mass is 475 g/mol. The Hall–Kier alpha value is 0.200. The Labute approximate surface area is 186 Å². The number of hydrogen-bond acceptors (Lipinski definition) is 8. The van der Waals surface area contributed by atoms with Gasteiger partial charge in [0.1, 0.15) is 0 Å². The molecule has 0 aliphatic carbocycles. The highest BCUT2D eigenvalue weighted by Crippen LogP contribution is 2.64. The van der Waals surface area contributed by atoms with Crippen LogP contribution in [0.3, 0.4) is 0 Å². The number of hydrogen-bond donors (Lipinski definition) is 0. The summed E-state index contributed by atoms with van der Waals surface area (Å²) in [6.07, 6.45) is 4.95. The largest absolute Gasteiger partial charge is 0.270 e. The number of nitrogens with zero attached hydrogens (tertiary/aromatic N) is 1. The fourth-order valence-corrected chi connectivity index (χ4v) is 11.2. The molecule has 0 spiro atoms. The van der Waals surface area contributed by atoms with Crippen LogP contribution in [0.2, 0.25) is 0 Å². The predicted molar refractivity (Wildman–Crippen MR) is 129 cm³/mol. The van der Waals surface area contributed by atoms with Gasteiger partial charge in [-0.05, 0) is 30.4 Å². The van der Waals surface area contributed by atoms with E-state index in [1.165, 1.54) is 54.1 Å². The van der Waals surface area contributed by atoms with Crippen molar-refractivity contribution in [2.24, 2.45) is 0 Å². The molecule has 2 aliphatic rings. The smallest absolute Gasteiger partial charge is 0.258 e. The van der Waals surface area contributed by atoms with E-state index < -0.39 is 0 Å². The molecule has 0 saturated carbocycles. The zero-order chi connectivity index (χ0) is 19.2. The van der Waals surface area contributed by atoms with Gasteiger partial charge in [-0.1, -0.05) is 73.7 Å². The zero-order valence-corrected chi connectivity index (χ0v) is 20.1. The lowest BCUT2D eigenvalue weighted by Crippen LogP contribution is -1.87. The average molecular weight is 476 g/mol. The Kier molecular flexibility index (Phi) is 8.78. The van der Waals surface area contributed by atoms with Crippen molar-refractivity contribution >= 4 is 76.3 Å². The number of unbranched alkanes of at least 4 members (excludes halogenated alkanes) is 2. The lowest BCUT2D eigenvalue weighted by atomic mass is 10.3. The Balaban J connectivity index is 1.72. The van der Waals surface area contributed by atoms with Crippen LogP contribution >= 0.6 is 70.6 Å². The fraction of sp³-hybridized carbons (Fsp3) is 0.444. The van der Waals surface area contributed by atoms with Gasteiger partial charge in [0, 0.05) is 21.9 Å². The van der Waals surface area contributed by atoms with Crippen molar-refractivity contribution < 1.29 is 4.92 Å². The number of rotatable bonds is 9. The number of thioether (sulfide) groups is 6. The summed E-state index contributed by atoms with van der Waals surface area (Å²) in [6, 6.07) is 5.18. The number of benzene rings is 1. The molecule has 0 atom stereocenters. The first-order valence-electron chi connectivity index (χ1n) is 8.86. The van der Waals surface area contributed by atoms with Crippen LogP contribution in [0.15, 0.2) is 44.9 Å². The molecular weight excluding hydrogens is 455 g/mol. The number of nitro groups is 1. The second kappa shape index (κ2) is 10.8. The standard InChI is InChI=1S/C18H21NO2S6/c1-3-5-9-22-15-16(23-10-6-4-2)27-18(26-15)17-24-13-8-7-12(19(20)21)11-14(13)25-17/h7-8,11H,3-6,9-10H2,1-2H3. The Bertz CT molecular complexity index is 753. The van der Waals surface area contributed by atoms with Crippen LogP contribution in [0.5, 0.6) is 0 Å². The molecule has 0 fully saturated rings. The summed E-state index contributed by atoms with van der Waals surface area (Å²) in [5, 5.41) is 11.0. The lowest BCUT2D eigenvalue weighted by Gasteiger charge is -2.03. The number of fused-ring (bicyclic) bond motifs is 1. The summed E-state index contributed by atoms with van der Waals surface area (Å²) in [5.41, 5.74) is 0.171. The van der Waals surface area contributed by atoms with Crippen LogP contribution in [0.25, 0.3) is 0 Å². The predicted octanol–water partition coefficient (Wildman–Crippen LogP) is 8.59. The van der Waals surface area contributed by atoms with E-state index in [4.69, 9.17) is 0 Å². The van der Waals surface area contributed by atoms with Gasteiger partial charge in [0.2, 0.25) is 0 Å². The van der Waals surface area contributed by atoms with Gasteiger partial charge in [-0.3, -0.25) is 10.1 Å². The summed E-state index contributed by atoms with van der Waals surface area (Å²) in [4.78, 5) is 12.8. The van der Waals surface area contributed by atoms with Crippen molar-refractivity contribution in [3.8, 4) is 0 Å². The second-order valence-corrected chi connectivity index (χ2v) is 13.2. The van der Waals surface area contributed by atoms with Crippen molar-refractivity contribution in [2.45, 2.75) is 49.3 Å². The minimum atomic E-state index is -0.317. The van der Waals surface area contributed by atoms with Crippen LogP contribution in [-0.2, 0) is 0 Å². The first-order valence-corrected chi connectivity index (χ1v) is 14.1. The molecule has 0 saturated heterocycles. The van der Waals surface area contributed by atoms with E-state index in [-0.39, 0.29) is 10.6 Å². The maximum Gasteiger partial charge on any atom is 0.270 e. The fourth-order valence-electron chi connectivity index (χ4n) is 2.23. The van der Waals surface area contributed by atoms with E-state index in [1.54, 1.807) is 35.7 Å². The molecule has 0 aromatic heterocycles. The molecule has 0 bridgehead atoms. The van der Waals surface area contributed by atoms with Gasteiger partial charge >= 0.3 is 0 Å². The Morgan fingerprint density at radius 3 is 2.00 bits per heavy atom. The summed E-state index contributed by atoms with van der Waals surface area (Å²) < 4.78 is 5.49. The van der Waals surface area contributed by atoms with Crippen LogP contribution < -0.4 is 0 Å². The molecule has 0 amide bonds. The SMILES string of the molecule is CCCCSC1=C(SCCCC)SC(=C2Sc3ccc([N+](=O)[O-])cc3S2)S1. The first kappa shape index (κ1) is 21.9. The van der Waals surface area contributed by atoms with Gasteiger partial charge in [0.05, 0.1) is 21.9 Å². The Morgan fingerprint density at radius 2 is 1.44 bits per heavy atom. The number of non-ortho nitro benzene ring substituents is 1. The first-order chi connectivity index (χ1) is 13.1. The van der Waals surface area contributed by atoms with Gasteiger partial charge in [-0.2, -0.15) is 0 Å². The van der Waals surface area contributed by atoms with E-state index in [9.17, 15) is 10.1 Å². The summed E-state index contributed by atoms with van der Waals surface area (Å²) in [6.45, 7) is 4.47. The van der Waals surface area contributed by atoms with E-state index in [0.29, 0.717) is 0 Å². The van der Waals surface area contributed by atoms with Crippen LogP contribution in [-0.4, -0.2) is 16.4 Å². The summed E-state index contributed by atoms with van der Waals surface area (Å²) in [5.74, 6) is 2.35. The van der Waals surface area contributed by atoms with Gasteiger partial charge in [0.15, 0.2) is 0 Å². The minimum Gasteiger partial charge on any atom is -0.258 e. The molecule has 3 nitrogen and oxygen atoms in total. The van der Waals surface area contributed by atoms with E-state index in [1.807, 2.05) is 53.1 Å². The highest BCUT2D eigenvalue weighted by Gasteiger charge is 2.29. The van der Waals surface area contributed by atoms with E-state index in [2.05, 4.69) is 13.8 Å². The van der Waals surface area contributed by atoms with Gasteiger partial charge in [-0.25, -0.2) is 0 Å². The minimum absolute atomic E-state index is 0.171. The lowest BCUT2D eigenvalue weighted by molar-refractivity contribution is -0.385. The molecule has 9 heteroatoms. The van der Waals surface area contributed by atoms with Gasteiger partial charge in [0.25, 0.3) is 5.69 Å². The quantitative estimate of drug-likeness (QED) is 0.200. The van der Waals surface area contributed by atoms with Crippen LogP contribution in [0.4, 0.5) is 5.69 Å². The molecule has 0 N–H and O–H groups in total. The zero-order valence-electron chi connectivity index (χ0n) is 15.2. The Morgan fingerprint density at radius 1 is 0.889 bits per heavy atom. The third-order valence-corrected chi connectivity index (χ3v) is 12.5. The van der Waals surface area contributed by atoms with E-state index >= 15 is 0 Å². The molecule has 1 aromatic rings. The van der Waals surface area contributed by atoms with E-state index in [0.717, 1.165) is 9.79 Å². The molecular formula is C18H21NO2S6. The molecule has 27 heavy (non-hydrogen) atoms. The summed E-state index contributed by atoms with van der Waals surface area (Å²) in [7, 11) is 0. The van der Waals surface area contributed by atoms with Crippen molar-refractivity contribution in [1.29, 1.82) is 0 Å². The maximum atomic E-state index is 11.0. The molecule has 1 aromatic carbocycles. The third-order valence-electron chi connectivity index (χ3n) is 3.71. The van der Waals surface area contributed by atoms with Crippen LogP contribution in [0.1, 0.15) is 39.5 Å². The second-order valence-electron chi connectivity index (χ2n) is 5.85. The molecule has 2 heterocycles.